The number of hydrogen-bond acceptors (Lipinski definition) is 6. The molecule has 0 radical (unpaired) electrons. The van der Waals surface area contributed by atoms with Crippen LogP contribution in [0.5, 0.6) is 5.75 Å². The minimum Gasteiger partial charge on any atom is -0.496 e. The van der Waals surface area contributed by atoms with Gasteiger partial charge in [0.25, 0.3) is 0 Å². The van der Waals surface area contributed by atoms with Crippen molar-refractivity contribution in [2.45, 2.75) is 71.8 Å². The maximum Gasteiger partial charge on any atom is 0.162 e. The maximum absolute atomic E-state index is 6.00. The Morgan fingerprint density at radius 3 is 2.63 bits per heavy atom. The second kappa shape index (κ2) is 8.56. The maximum atomic E-state index is 6.00. The highest BCUT2D eigenvalue weighted by Crippen LogP contribution is 2.48. The molecule has 6 rings (SSSR count). The van der Waals surface area contributed by atoms with Gasteiger partial charge in [-0.1, -0.05) is 12.1 Å². The Morgan fingerprint density at radius 1 is 1.11 bits per heavy atom. The SMILES string of the molecule is COc1cc(C2=N[C@@H](C)c3nnc(C)n3-c3sc(C)c(C)c32)ccc1C1CCC2(CCNC2)CC1. The summed E-state index contributed by atoms with van der Waals surface area (Å²) in [6.45, 7) is 10.9. The summed E-state index contributed by atoms with van der Waals surface area (Å²) in [6, 6.07) is 6.71. The average Bonchev–Trinajstić information content (AvgIpc) is 3.53. The lowest BCUT2D eigenvalue weighted by atomic mass is 9.68. The lowest BCUT2D eigenvalue weighted by molar-refractivity contribution is 0.197. The first-order valence-corrected chi connectivity index (χ1v) is 13.7. The fraction of sp³-hybridized carbons (Fsp3) is 0.536. The number of rotatable bonds is 3. The van der Waals surface area contributed by atoms with Gasteiger partial charge in [-0.05, 0) is 94.9 Å². The van der Waals surface area contributed by atoms with Crippen LogP contribution in [0.3, 0.4) is 0 Å². The van der Waals surface area contributed by atoms with Crippen LogP contribution in [-0.2, 0) is 0 Å². The number of nitrogens with zero attached hydrogens (tertiary/aromatic N) is 4. The molecule has 1 saturated carbocycles. The summed E-state index contributed by atoms with van der Waals surface area (Å²) in [7, 11) is 1.81. The molecule has 4 heterocycles. The van der Waals surface area contributed by atoms with E-state index in [1.807, 2.05) is 6.92 Å². The third-order valence-corrected chi connectivity index (χ3v) is 9.87. The minimum absolute atomic E-state index is 0.0780. The van der Waals surface area contributed by atoms with Gasteiger partial charge < -0.3 is 10.1 Å². The predicted octanol–water partition coefficient (Wildman–Crippen LogP) is 5.81. The van der Waals surface area contributed by atoms with Crippen molar-refractivity contribution in [3.05, 3.63) is 57.0 Å². The molecule has 0 unspecified atom stereocenters. The van der Waals surface area contributed by atoms with E-state index in [9.17, 15) is 0 Å². The van der Waals surface area contributed by atoms with Crippen LogP contribution in [0.4, 0.5) is 0 Å². The Hall–Kier alpha value is -2.51. The lowest BCUT2D eigenvalue weighted by Gasteiger charge is -2.37. The topological polar surface area (TPSA) is 64.3 Å². The molecule has 3 aromatic rings. The summed E-state index contributed by atoms with van der Waals surface area (Å²) in [4.78, 5) is 6.52. The number of fused-ring (bicyclic) bond motifs is 3. The van der Waals surface area contributed by atoms with Gasteiger partial charge in [0.2, 0.25) is 0 Å². The number of nitrogens with one attached hydrogen (secondary N) is 1. The normalized spacial score (nSPS) is 25.8. The van der Waals surface area contributed by atoms with Crippen LogP contribution >= 0.6 is 11.3 Å². The third-order valence-electron chi connectivity index (χ3n) is 8.68. The molecule has 1 N–H and O–H groups in total. The summed E-state index contributed by atoms with van der Waals surface area (Å²) in [6.07, 6.45) is 6.46. The molecular weight excluding hydrogens is 454 g/mol. The van der Waals surface area contributed by atoms with Crippen LogP contribution in [0.1, 0.15) is 89.8 Å². The van der Waals surface area contributed by atoms with Crippen molar-refractivity contribution in [3.63, 3.8) is 0 Å². The van der Waals surface area contributed by atoms with E-state index in [-0.39, 0.29) is 6.04 Å². The second-order valence-electron chi connectivity index (χ2n) is 10.7. The molecule has 2 fully saturated rings. The van der Waals surface area contributed by atoms with Crippen LogP contribution < -0.4 is 10.1 Å². The van der Waals surface area contributed by atoms with Gasteiger partial charge in [-0.3, -0.25) is 9.56 Å². The quantitative estimate of drug-likeness (QED) is 0.504. The lowest BCUT2D eigenvalue weighted by Crippen LogP contribution is -2.29. The number of benzene rings is 1. The number of methoxy groups -OCH3 is 1. The molecule has 3 aliphatic rings. The molecule has 2 aliphatic heterocycles. The number of ether oxygens (including phenoxy) is 1. The number of aryl methyl sites for hydroxylation is 2. The van der Waals surface area contributed by atoms with Crippen molar-refractivity contribution in [3.8, 4) is 10.8 Å². The summed E-state index contributed by atoms with van der Waals surface area (Å²) in [5, 5.41) is 13.6. The first kappa shape index (κ1) is 22.9. The smallest absolute Gasteiger partial charge is 0.162 e. The van der Waals surface area contributed by atoms with Gasteiger partial charge in [0.1, 0.15) is 22.6 Å². The van der Waals surface area contributed by atoms with E-state index in [4.69, 9.17) is 9.73 Å². The molecule has 7 heteroatoms. The Labute approximate surface area is 211 Å². The first-order valence-electron chi connectivity index (χ1n) is 12.9. The molecule has 184 valence electrons. The van der Waals surface area contributed by atoms with Gasteiger partial charge >= 0.3 is 0 Å². The van der Waals surface area contributed by atoms with Crippen molar-refractivity contribution in [1.29, 1.82) is 0 Å². The van der Waals surface area contributed by atoms with E-state index in [0.717, 1.165) is 28.7 Å². The number of aliphatic imine (C=N–C) groups is 1. The standard InChI is InChI=1S/C28H35N5OS/c1-16-18(3)35-27-24(16)25(30-17(2)26-32-31-19(4)33(26)27)21-6-7-22(23(14-21)34-5)20-8-10-28(11-9-20)12-13-29-15-28/h6-7,14,17,20,29H,8-13,15H2,1-5H3/t17-,20?,28?/m0/s1. The molecule has 0 bridgehead atoms. The molecule has 6 nitrogen and oxygen atoms in total. The zero-order valence-electron chi connectivity index (χ0n) is 21.4. The highest BCUT2D eigenvalue weighted by atomic mass is 32.1. The van der Waals surface area contributed by atoms with E-state index < -0.39 is 0 Å². The van der Waals surface area contributed by atoms with Crippen molar-refractivity contribution < 1.29 is 4.74 Å². The zero-order valence-corrected chi connectivity index (χ0v) is 22.3. The summed E-state index contributed by atoms with van der Waals surface area (Å²) < 4.78 is 8.20. The average molecular weight is 490 g/mol. The Balaban J connectivity index is 1.39. The van der Waals surface area contributed by atoms with E-state index in [1.54, 1.807) is 18.4 Å². The van der Waals surface area contributed by atoms with Crippen LogP contribution in [0.15, 0.2) is 23.2 Å². The first-order chi connectivity index (χ1) is 16.9. The monoisotopic (exact) mass is 489 g/mol. The molecule has 1 aliphatic carbocycles. The fourth-order valence-electron chi connectivity index (χ4n) is 6.44. The summed E-state index contributed by atoms with van der Waals surface area (Å²) >= 11 is 1.80. The highest BCUT2D eigenvalue weighted by molar-refractivity contribution is 7.15. The number of thiophene rings is 1. The van der Waals surface area contributed by atoms with Gasteiger partial charge in [-0.25, -0.2) is 0 Å². The van der Waals surface area contributed by atoms with E-state index in [1.165, 1.54) is 71.8 Å². The van der Waals surface area contributed by atoms with Crippen LogP contribution in [0.2, 0.25) is 0 Å². The number of hydrogen-bond donors (Lipinski definition) is 1. The van der Waals surface area contributed by atoms with Gasteiger partial charge in [0.15, 0.2) is 5.82 Å². The second-order valence-corrected chi connectivity index (χ2v) is 11.9. The molecular formula is C28H35N5OS. The van der Waals surface area contributed by atoms with Gasteiger partial charge in [-0.2, -0.15) is 0 Å². The van der Waals surface area contributed by atoms with Gasteiger partial charge in [-0.15, -0.1) is 21.5 Å². The molecule has 2 aromatic heterocycles. The summed E-state index contributed by atoms with van der Waals surface area (Å²) in [5.74, 6) is 3.38. The van der Waals surface area contributed by atoms with Crippen LogP contribution in [-0.4, -0.2) is 40.7 Å². The molecule has 1 spiro atoms. The number of aromatic nitrogens is 3. The van der Waals surface area contributed by atoms with Crippen molar-refractivity contribution in [1.82, 2.24) is 20.1 Å². The fourth-order valence-corrected chi connectivity index (χ4v) is 7.65. The van der Waals surface area contributed by atoms with Crippen LogP contribution in [0.25, 0.3) is 5.00 Å². The van der Waals surface area contributed by atoms with Crippen molar-refractivity contribution in [2.24, 2.45) is 10.4 Å². The molecule has 1 saturated heterocycles. The molecule has 1 aromatic carbocycles. The summed E-state index contributed by atoms with van der Waals surface area (Å²) in [5.41, 5.74) is 6.52. The highest BCUT2D eigenvalue weighted by Gasteiger charge is 2.38. The third kappa shape index (κ3) is 3.66. The van der Waals surface area contributed by atoms with Gasteiger partial charge in [0, 0.05) is 22.5 Å². The van der Waals surface area contributed by atoms with Crippen molar-refractivity contribution in [2.75, 3.05) is 20.2 Å². The minimum atomic E-state index is -0.0780. The molecule has 35 heavy (non-hydrogen) atoms. The van der Waals surface area contributed by atoms with E-state index in [2.05, 4.69) is 59.1 Å². The van der Waals surface area contributed by atoms with Gasteiger partial charge in [0.05, 0.1) is 12.8 Å². The van der Waals surface area contributed by atoms with Crippen molar-refractivity contribution >= 4 is 17.0 Å². The predicted molar refractivity (Wildman–Crippen MR) is 142 cm³/mol. The molecule has 1 atom stereocenters. The Kier molecular flexibility index (Phi) is 5.60. The Bertz CT molecular complexity index is 1300. The largest absolute Gasteiger partial charge is 0.496 e. The van der Waals surface area contributed by atoms with Crippen LogP contribution in [0, 0.1) is 26.2 Å². The molecule has 0 amide bonds. The Morgan fingerprint density at radius 2 is 1.91 bits per heavy atom. The zero-order chi connectivity index (χ0) is 24.3. The van der Waals surface area contributed by atoms with E-state index >= 15 is 0 Å². The van der Waals surface area contributed by atoms with E-state index in [0.29, 0.717) is 11.3 Å².